The summed E-state index contributed by atoms with van der Waals surface area (Å²) in [5.74, 6) is 0.176. The number of nitrogens with zero attached hydrogens (tertiary/aromatic N) is 1. The molecule has 4 aromatic rings. The van der Waals surface area contributed by atoms with Crippen molar-refractivity contribution >= 4 is 27.8 Å². The van der Waals surface area contributed by atoms with Gasteiger partial charge in [0.05, 0.1) is 18.7 Å². The van der Waals surface area contributed by atoms with Gasteiger partial charge in [-0.3, -0.25) is 4.79 Å². The molecule has 1 atom stereocenters. The quantitative estimate of drug-likeness (QED) is 0.333. The Bertz CT molecular complexity index is 1330. The van der Waals surface area contributed by atoms with Crippen LogP contribution in [0.3, 0.4) is 0 Å². The summed E-state index contributed by atoms with van der Waals surface area (Å²) in [7, 11) is 0. The van der Waals surface area contributed by atoms with Gasteiger partial charge in [0.1, 0.15) is 12.3 Å². The van der Waals surface area contributed by atoms with E-state index in [2.05, 4.69) is 0 Å². The molecule has 1 aliphatic rings. The summed E-state index contributed by atoms with van der Waals surface area (Å²) in [4.78, 5) is 11.4. The average molecular weight is 459 g/mol. The number of carbonyl (C=O) groups is 1. The molecule has 0 radical (unpaired) electrons. The Morgan fingerprint density at radius 3 is 2.53 bits per heavy atom. The first-order chi connectivity index (χ1) is 16.7. The third-order valence-electron chi connectivity index (χ3n) is 5.65. The molecule has 1 aromatic heterocycles. The van der Waals surface area contributed by atoms with Crippen molar-refractivity contribution in [3.8, 4) is 5.75 Å². The van der Waals surface area contributed by atoms with Gasteiger partial charge in [0.2, 0.25) is 6.29 Å². The molecule has 0 bridgehead atoms. The van der Waals surface area contributed by atoms with Gasteiger partial charge in [-0.1, -0.05) is 48.5 Å². The first-order valence-corrected chi connectivity index (χ1v) is 11.2. The van der Waals surface area contributed by atoms with E-state index >= 15 is 0 Å². The van der Waals surface area contributed by atoms with Gasteiger partial charge in [0.15, 0.2) is 6.26 Å². The maximum absolute atomic E-state index is 11.4. The Morgan fingerprint density at radius 2 is 1.68 bits per heavy atom. The molecular weight excluding hydrogens is 434 g/mol. The van der Waals surface area contributed by atoms with Crippen LogP contribution in [0.25, 0.3) is 21.8 Å². The fraction of sp³-hybridized carbons (Fsp3) is 0.222. The Kier molecular flexibility index (Phi) is 6.25. The second-order valence-electron chi connectivity index (χ2n) is 8.04. The Labute approximate surface area is 196 Å². The summed E-state index contributed by atoms with van der Waals surface area (Å²) in [5, 5.41) is 11.4. The van der Waals surface area contributed by atoms with Gasteiger partial charge in [-0.2, -0.15) is 0 Å². The SMILES string of the molecule is O=C(O)Cn1c2ccccc2c2ccc(OCCCOC3=COC(Cc4ccccc4)O3)cc21. The van der Waals surface area contributed by atoms with Crippen molar-refractivity contribution in [1.82, 2.24) is 4.57 Å². The maximum Gasteiger partial charge on any atom is 0.323 e. The highest BCUT2D eigenvalue weighted by Crippen LogP contribution is 2.31. The van der Waals surface area contributed by atoms with Gasteiger partial charge in [-0.15, -0.1) is 0 Å². The third kappa shape index (κ3) is 4.78. The molecule has 174 valence electrons. The predicted molar refractivity (Wildman–Crippen MR) is 127 cm³/mol. The fourth-order valence-corrected chi connectivity index (χ4v) is 4.13. The van der Waals surface area contributed by atoms with Crippen LogP contribution in [0, 0.1) is 0 Å². The lowest BCUT2D eigenvalue weighted by Crippen LogP contribution is -2.13. The smallest absolute Gasteiger partial charge is 0.323 e. The molecule has 1 unspecified atom stereocenters. The van der Waals surface area contributed by atoms with Crippen LogP contribution in [0.1, 0.15) is 12.0 Å². The van der Waals surface area contributed by atoms with E-state index in [-0.39, 0.29) is 12.8 Å². The minimum absolute atomic E-state index is 0.107. The first-order valence-electron chi connectivity index (χ1n) is 11.2. The monoisotopic (exact) mass is 459 g/mol. The zero-order valence-corrected chi connectivity index (χ0v) is 18.6. The standard InChI is InChI=1S/C27H25NO6/c29-25(30)17-28-23-10-5-4-9-21(23)22-12-11-20(16-24(22)28)31-13-6-14-32-27-18-33-26(34-27)15-19-7-2-1-3-8-19/h1-5,7-12,16,18,26H,6,13-15,17H2,(H,29,30). The highest BCUT2D eigenvalue weighted by atomic mass is 16.8. The number of benzene rings is 3. The van der Waals surface area contributed by atoms with Gasteiger partial charge in [0.25, 0.3) is 0 Å². The molecule has 0 saturated carbocycles. The molecule has 7 heteroatoms. The Balaban J connectivity index is 1.13. The van der Waals surface area contributed by atoms with Crippen molar-refractivity contribution < 1.29 is 28.8 Å². The van der Waals surface area contributed by atoms with Crippen LogP contribution in [0.15, 0.2) is 85.0 Å². The highest BCUT2D eigenvalue weighted by Gasteiger charge is 2.21. The lowest BCUT2D eigenvalue weighted by atomic mass is 10.1. The molecule has 0 fully saturated rings. The molecule has 34 heavy (non-hydrogen) atoms. The fourth-order valence-electron chi connectivity index (χ4n) is 4.13. The van der Waals surface area contributed by atoms with E-state index in [1.54, 1.807) is 4.57 Å². The number of hydrogen-bond donors (Lipinski definition) is 1. The van der Waals surface area contributed by atoms with Crippen LogP contribution in [0.5, 0.6) is 5.75 Å². The van der Waals surface area contributed by atoms with Crippen molar-refractivity contribution in [2.45, 2.75) is 25.7 Å². The van der Waals surface area contributed by atoms with Crippen molar-refractivity contribution in [1.29, 1.82) is 0 Å². The zero-order chi connectivity index (χ0) is 23.3. The van der Waals surface area contributed by atoms with Gasteiger partial charge >= 0.3 is 11.9 Å². The Hall–Kier alpha value is -4.13. The minimum Gasteiger partial charge on any atom is -0.493 e. The molecule has 0 spiro atoms. The van der Waals surface area contributed by atoms with E-state index in [0.29, 0.717) is 37.8 Å². The summed E-state index contributed by atoms with van der Waals surface area (Å²) in [6.45, 7) is 0.769. The van der Waals surface area contributed by atoms with Crippen LogP contribution < -0.4 is 4.74 Å². The van der Waals surface area contributed by atoms with Gasteiger partial charge < -0.3 is 28.6 Å². The predicted octanol–water partition coefficient (Wildman–Crippen LogP) is 5.08. The number of aliphatic carboxylic acids is 1. The minimum atomic E-state index is -0.885. The number of aromatic nitrogens is 1. The molecule has 0 aliphatic carbocycles. The second kappa shape index (κ2) is 9.79. The largest absolute Gasteiger partial charge is 0.493 e. The van der Waals surface area contributed by atoms with Crippen molar-refractivity contribution in [2.75, 3.05) is 13.2 Å². The zero-order valence-electron chi connectivity index (χ0n) is 18.6. The number of rotatable bonds is 10. The number of carboxylic acids is 1. The van der Waals surface area contributed by atoms with Crippen LogP contribution in [0.2, 0.25) is 0 Å². The van der Waals surface area contributed by atoms with Crippen LogP contribution in [-0.4, -0.2) is 35.1 Å². The lowest BCUT2D eigenvalue weighted by molar-refractivity contribution is -0.137. The van der Waals surface area contributed by atoms with E-state index in [0.717, 1.165) is 27.4 Å². The molecule has 1 N–H and O–H groups in total. The molecule has 1 aliphatic heterocycles. The summed E-state index contributed by atoms with van der Waals surface area (Å²) < 4.78 is 24.5. The molecule has 3 aromatic carbocycles. The number of hydrogen-bond acceptors (Lipinski definition) is 5. The summed E-state index contributed by atoms with van der Waals surface area (Å²) in [5.41, 5.74) is 2.86. The number of ether oxygens (including phenoxy) is 4. The summed E-state index contributed by atoms with van der Waals surface area (Å²) >= 11 is 0. The van der Waals surface area contributed by atoms with Crippen molar-refractivity contribution in [2.24, 2.45) is 0 Å². The van der Waals surface area contributed by atoms with Crippen LogP contribution in [0.4, 0.5) is 0 Å². The molecule has 0 saturated heterocycles. The number of carboxylic acid groups (broad SMARTS) is 1. The second-order valence-corrected chi connectivity index (χ2v) is 8.04. The lowest BCUT2D eigenvalue weighted by Gasteiger charge is -2.12. The number of fused-ring (bicyclic) bond motifs is 3. The van der Waals surface area contributed by atoms with Gasteiger partial charge in [-0.05, 0) is 23.8 Å². The normalized spacial score (nSPS) is 15.1. The summed E-state index contributed by atoms with van der Waals surface area (Å²) in [6.07, 6.45) is 2.43. The first kappa shape index (κ1) is 21.7. The Morgan fingerprint density at radius 1 is 0.912 bits per heavy atom. The summed E-state index contributed by atoms with van der Waals surface area (Å²) in [6, 6.07) is 23.6. The average Bonchev–Trinajstić information content (AvgIpc) is 3.41. The van der Waals surface area contributed by atoms with E-state index in [1.807, 2.05) is 72.8 Å². The van der Waals surface area contributed by atoms with E-state index in [9.17, 15) is 9.90 Å². The van der Waals surface area contributed by atoms with Crippen LogP contribution in [-0.2, 0) is 32.0 Å². The maximum atomic E-state index is 11.4. The van der Waals surface area contributed by atoms with E-state index in [4.69, 9.17) is 18.9 Å². The highest BCUT2D eigenvalue weighted by molar-refractivity contribution is 6.08. The molecule has 2 heterocycles. The van der Waals surface area contributed by atoms with Crippen molar-refractivity contribution in [3.63, 3.8) is 0 Å². The van der Waals surface area contributed by atoms with Crippen LogP contribution >= 0.6 is 0 Å². The number of para-hydroxylation sites is 1. The molecular formula is C27H25NO6. The molecule has 7 nitrogen and oxygen atoms in total. The van der Waals surface area contributed by atoms with E-state index in [1.165, 1.54) is 6.26 Å². The molecule has 5 rings (SSSR count). The molecule has 0 amide bonds. The van der Waals surface area contributed by atoms with Gasteiger partial charge in [0, 0.05) is 35.2 Å². The third-order valence-corrected chi connectivity index (χ3v) is 5.65. The van der Waals surface area contributed by atoms with Gasteiger partial charge in [-0.25, -0.2) is 0 Å². The van der Waals surface area contributed by atoms with Crippen molar-refractivity contribution in [3.05, 3.63) is 90.6 Å². The topological polar surface area (TPSA) is 79.2 Å². The van der Waals surface area contributed by atoms with E-state index < -0.39 is 5.97 Å².